The number of nitrogens with two attached hydrogens (primary N) is 1. The van der Waals surface area contributed by atoms with Crippen LogP contribution in [0.25, 0.3) is 0 Å². The van der Waals surface area contributed by atoms with Crippen molar-refractivity contribution in [2.45, 2.75) is 0 Å². The summed E-state index contributed by atoms with van der Waals surface area (Å²) in [4.78, 5) is 22.9. The fourth-order valence-corrected chi connectivity index (χ4v) is 1.18. The van der Waals surface area contributed by atoms with E-state index in [9.17, 15) is 9.59 Å². The molecule has 0 spiro atoms. The molecule has 0 aromatic heterocycles. The van der Waals surface area contributed by atoms with E-state index in [1.165, 1.54) is 19.2 Å². The van der Waals surface area contributed by atoms with Crippen LogP contribution >= 0.6 is 0 Å². The highest BCUT2D eigenvalue weighted by atomic mass is 16.5. The van der Waals surface area contributed by atoms with Crippen LogP contribution < -0.4 is 5.73 Å². The maximum atomic E-state index is 11.6. The van der Waals surface area contributed by atoms with Crippen LogP contribution in [0, 0.1) is 0 Å². The van der Waals surface area contributed by atoms with Gasteiger partial charge in [-0.15, -0.1) is 0 Å². The van der Waals surface area contributed by atoms with Crippen molar-refractivity contribution in [1.29, 1.82) is 0 Å². The van der Waals surface area contributed by atoms with Gasteiger partial charge in [-0.05, 0) is 12.1 Å². The zero-order valence-electron chi connectivity index (χ0n) is 8.93. The van der Waals surface area contributed by atoms with Crippen LogP contribution in [-0.4, -0.2) is 32.2 Å². The molecular formula is C11H13NO4. The summed E-state index contributed by atoms with van der Waals surface area (Å²) in [5, 5.41) is 0. The van der Waals surface area contributed by atoms with Gasteiger partial charge in [0.25, 0.3) is 0 Å². The molecule has 0 unspecified atom stereocenters. The van der Waals surface area contributed by atoms with Crippen LogP contribution in [0.5, 0.6) is 0 Å². The Balaban J connectivity index is 2.94. The summed E-state index contributed by atoms with van der Waals surface area (Å²) in [6.45, 7) is 0.362. The fourth-order valence-electron chi connectivity index (χ4n) is 1.18. The van der Waals surface area contributed by atoms with Gasteiger partial charge < -0.3 is 15.2 Å². The van der Waals surface area contributed by atoms with Gasteiger partial charge in [0.05, 0.1) is 18.2 Å². The highest BCUT2D eigenvalue weighted by Crippen LogP contribution is 2.11. The zero-order valence-corrected chi connectivity index (χ0v) is 8.93. The van der Waals surface area contributed by atoms with Gasteiger partial charge in [-0.25, -0.2) is 9.59 Å². The first kappa shape index (κ1) is 12.2. The Morgan fingerprint density at radius 3 is 2.25 bits per heavy atom. The van der Waals surface area contributed by atoms with Gasteiger partial charge in [0.2, 0.25) is 0 Å². The van der Waals surface area contributed by atoms with Crippen molar-refractivity contribution in [1.82, 2.24) is 0 Å². The predicted molar refractivity (Wildman–Crippen MR) is 57.1 cm³/mol. The highest BCUT2D eigenvalue weighted by Gasteiger charge is 2.17. The minimum Gasteiger partial charge on any atom is -0.465 e. The third-order valence-electron chi connectivity index (χ3n) is 1.90. The zero-order chi connectivity index (χ0) is 12.0. The highest BCUT2D eigenvalue weighted by molar-refractivity contribution is 6.03. The van der Waals surface area contributed by atoms with Crippen molar-refractivity contribution in [2.24, 2.45) is 5.73 Å². The van der Waals surface area contributed by atoms with E-state index >= 15 is 0 Å². The van der Waals surface area contributed by atoms with Crippen LogP contribution in [-0.2, 0) is 9.47 Å². The van der Waals surface area contributed by atoms with Gasteiger partial charge in [-0.1, -0.05) is 12.1 Å². The largest absolute Gasteiger partial charge is 0.465 e. The Bertz CT molecular complexity index is 389. The summed E-state index contributed by atoms with van der Waals surface area (Å²) in [6.07, 6.45) is 0. The molecule has 0 heterocycles. The molecule has 16 heavy (non-hydrogen) atoms. The van der Waals surface area contributed by atoms with Crippen molar-refractivity contribution < 1.29 is 19.1 Å². The molecule has 0 aliphatic carbocycles. The number of carbonyl (C=O) groups is 2. The molecule has 0 saturated carbocycles. The number of ether oxygens (including phenoxy) is 2. The van der Waals surface area contributed by atoms with Crippen molar-refractivity contribution >= 4 is 11.9 Å². The van der Waals surface area contributed by atoms with Crippen LogP contribution in [0.2, 0.25) is 0 Å². The van der Waals surface area contributed by atoms with Gasteiger partial charge in [-0.3, -0.25) is 0 Å². The first-order valence-electron chi connectivity index (χ1n) is 4.75. The SMILES string of the molecule is COC(=O)c1ccccc1C(=O)OCCN. The van der Waals surface area contributed by atoms with Gasteiger partial charge >= 0.3 is 11.9 Å². The average Bonchev–Trinajstić information content (AvgIpc) is 2.35. The summed E-state index contributed by atoms with van der Waals surface area (Å²) in [6, 6.07) is 6.30. The minimum absolute atomic E-state index is 0.119. The summed E-state index contributed by atoms with van der Waals surface area (Å²) in [5.74, 6) is -1.15. The number of esters is 2. The van der Waals surface area contributed by atoms with Gasteiger partial charge in [0, 0.05) is 6.54 Å². The van der Waals surface area contributed by atoms with E-state index in [4.69, 9.17) is 10.5 Å². The van der Waals surface area contributed by atoms with Crippen molar-refractivity contribution in [2.75, 3.05) is 20.3 Å². The molecular weight excluding hydrogens is 210 g/mol. The Morgan fingerprint density at radius 2 is 1.75 bits per heavy atom. The molecule has 0 radical (unpaired) electrons. The standard InChI is InChI=1S/C11H13NO4/c1-15-10(13)8-4-2-3-5-9(8)11(14)16-7-6-12/h2-5H,6-7,12H2,1H3. The van der Waals surface area contributed by atoms with E-state index in [1.807, 2.05) is 0 Å². The van der Waals surface area contributed by atoms with E-state index in [2.05, 4.69) is 4.74 Å². The molecule has 1 aromatic rings. The lowest BCUT2D eigenvalue weighted by molar-refractivity contribution is 0.0496. The number of carbonyl (C=O) groups excluding carboxylic acids is 2. The molecule has 0 aliphatic rings. The van der Waals surface area contributed by atoms with Crippen LogP contribution in [0.3, 0.4) is 0 Å². The normalized spacial score (nSPS) is 9.62. The molecule has 0 bridgehead atoms. The average molecular weight is 223 g/mol. The number of hydrogen-bond donors (Lipinski definition) is 1. The Morgan fingerprint density at radius 1 is 1.19 bits per heavy atom. The van der Waals surface area contributed by atoms with Gasteiger partial charge in [0.15, 0.2) is 0 Å². The van der Waals surface area contributed by atoms with E-state index in [0.29, 0.717) is 0 Å². The van der Waals surface area contributed by atoms with Crippen LogP contribution in [0.15, 0.2) is 24.3 Å². The summed E-state index contributed by atoms with van der Waals surface area (Å²) < 4.78 is 9.40. The molecule has 0 amide bonds. The number of hydrogen-bond acceptors (Lipinski definition) is 5. The number of methoxy groups -OCH3 is 1. The van der Waals surface area contributed by atoms with Crippen molar-refractivity contribution in [3.63, 3.8) is 0 Å². The Labute approximate surface area is 93.1 Å². The second kappa shape index (κ2) is 5.87. The van der Waals surface area contributed by atoms with Crippen LogP contribution in [0.4, 0.5) is 0 Å². The van der Waals surface area contributed by atoms with E-state index in [0.717, 1.165) is 0 Å². The number of benzene rings is 1. The molecule has 5 nitrogen and oxygen atoms in total. The molecule has 1 aromatic carbocycles. The smallest absolute Gasteiger partial charge is 0.339 e. The predicted octanol–water partition coefficient (Wildman–Crippen LogP) is 0.589. The lowest BCUT2D eigenvalue weighted by Gasteiger charge is -2.07. The van der Waals surface area contributed by atoms with E-state index in [1.54, 1.807) is 12.1 Å². The summed E-state index contributed by atoms with van der Waals surface area (Å²) in [7, 11) is 1.25. The Hall–Kier alpha value is -1.88. The first-order chi connectivity index (χ1) is 7.70. The van der Waals surface area contributed by atoms with Crippen molar-refractivity contribution in [3.8, 4) is 0 Å². The minimum atomic E-state index is -0.577. The van der Waals surface area contributed by atoms with Gasteiger partial charge in [0.1, 0.15) is 6.61 Å². The second-order valence-electron chi connectivity index (χ2n) is 2.96. The molecule has 0 saturated heterocycles. The second-order valence-corrected chi connectivity index (χ2v) is 2.96. The molecule has 1 rings (SSSR count). The van der Waals surface area contributed by atoms with E-state index < -0.39 is 11.9 Å². The monoisotopic (exact) mass is 223 g/mol. The maximum absolute atomic E-state index is 11.6. The molecule has 5 heteroatoms. The molecule has 0 fully saturated rings. The molecule has 0 aliphatic heterocycles. The number of rotatable bonds is 4. The molecule has 0 atom stereocenters. The lowest BCUT2D eigenvalue weighted by Crippen LogP contribution is -2.16. The van der Waals surface area contributed by atoms with Gasteiger partial charge in [-0.2, -0.15) is 0 Å². The van der Waals surface area contributed by atoms with E-state index in [-0.39, 0.29) is 24.3 Å². The van der Waals surface area contributed by atoms with Crippen LogP contribution in [0.1, 0.15) is 20.7 Å². The lowest BCUT2D eigenvalue weighted by atomic mass is 10.1. The Kier molecular flexibility index (Phi) is 4.47. The topological polar surface area (TPSA) is 78.6 Å². The maximum Gasteiger partial charge on any atom is 0.339 e. The van der Waals surface area contributed by atoms with Crippen molar-refractivity contribution in [3.05, 3.63) is 35.4 Å². The fraction of sp³-hybridized carbons (Fsp3) is 0.273. The summed E-state index contributed by atoms with van der Waals surface area (Å²) in [5.41, 5.74) is 5.58. The third-order valence-corrected chi connectivity index (χ3v) is 1.90. The molecule has 86 valence electrons. The molecule has 2 N–H and O–H groups in total. The third kappa shape index (κ3) is 2.80. The quantitative estimate of drug-likeness (QED) is 0.756. The summed E-state index contributed by atoms with van der Waals surface area (Å²) >= 11 is 0. The first-order valence-corrected chi connectivity index (χ1v) is 4.75.